The fourth-order valence-corrected chi connectivity index (χ4v) is 3.79. The number of aromatic nitrogens is 2. The summed E-state index contributed by atoms with van der Waals surface area (Å²) >= 11 is 0. The van der Waals surface area contributed by atoms with Gasteiger partial charge in [-0.25, -0.2) is 9.07 Å². The Kier molecular flexibility index (Phi) is 5.16. The Bertz CT molecular complexity index is 1130. The molecule has 2 aromatic rings. The number of amides is 2. The van der Waals surface area contributed by atoms with Gasteiger partial charge in [-0.3, -0.25) is 9.59 Å². The number of primary amides is 1. The molecule has 0 aliphatic carbocycles. The Hall–Kier alpha value is -3.42. The first kappa shape index (κ1) is 20.8. The number of likely N-dealkylation sites (tertiary alicyclic amines) is 1. The summed E-state index contributed by atoms with van der Waals surface area (Å²) in [6, 6.07) is 4.86. The number of rotatable bonds is 3. The van der Waals surface area contributed by atoms with Gasteiger partial charge in [0.1, 0.15) is 18.0 Å². The molecule has 1 fully saturated rings. The molecule has 1 saturated heterocycles. The van der Waals surface area contributed by atoms with E-state index in [9.17, 15) is 19.1 Å². The molecule has 2 amide bonds. The summed E-state index contributed by atoms with van der Waals surface area (Å²) in [7, 11) is 3.27. The first-order valence-electron chi connectivity index (χ1n) is 9.74. The number of fused-ring (bicyclic) bond motifs is 3. The molecular formula is C21H22FN5O4. The maximum Gasteiger partial charge on any atom is 0.269 e. The predicted octanol–water partition coefficient (Wildman–Crippen LogP) is 0.0383. The van der Waals surface area contributed by atoms with Crippen LogP contribution in [0.5, 0.6) is 5.75 Å². The van der Waals surface area contributed by atoms with Crippen LogP contribution in [0.25, 0.3) is 5.69 Å². The summed E-state index contributed by atoms with van der Waals surface area (Å²) in [5.74, 6) is 4.62. The largest absolute Gasteiger partial charge is 0.488 e. The number of carbonyl (C=O) groups excluding carboxylic acids is 2. The van der Waals surface area contributed by atoms with Gasteiger partial charge in [-0.2, -0.15) is 5.10 Å². The number of likely N-dealkylation sites (N-methyl/N-ethyl adjacent to an activating group) is 1. The highest BCUT2D eigenvalue weighted by Crippen LogP contribution is 2.35. The number of carbonyl (C=O) groups is 2. The maximum absolute atomic E-state index is 15.0. The molecular weight excluding hydrogens is 405 g/mol. The molecule has 9 nitrogen and oxygen atoms in total. The standard InChI is InChI=1S/C21H22FN5O4/c1-24-10-13-17(19(23)28)25-27-15-9-12(3-4-16(15)31-11-14(22)18(13)27)5-6-21(30)7-8-26(2)20(21)29/h3-4,9,14,24,30H,7-8,10-11H2,1-2H3,(H2,23,28). The topological polar surface area (TPSA) is 123 Å². The van der Waals surface area contributed by atoms with Crippen molar-refractivity contribution < 1.29 is 23.8 Å². The molecule has 4 N–H and O–H groups in total. The summed E-state index contributed by atoms with van der Waals surface area (Å²) < 4.78 is 21.9. The second-order valence-corrected chi connectivity index (χ2v) is 7.57. The number of hydrogen-bond donors (Lipinski definition) is 3. The average Bonchev–Trinajstić information content (AvgIpc) is 3.20. The Labute approximate surface area is 178 Å². The van der Waals surface area contributed by atoms with Gasteiger partial charge in [-0.15, -0.1) is 0 Å². The van der Waals surface area contributed by atoms with Gasteiger partial charge >= 0.3 is 0 Å². The zero-order chi connectivity index (χ0) is 22.3. The zero-order valence-electron chi connectivity index (χ0n) is 17.1. The zero-order valence-corrected chi connectivity index (χ0v) is 17.1. The van der Waals surface area contributed by atoms with E-state index in [2.05, 4.69) is 22.3 Å². The highest BCUT2D eigenvalue weighted by atomic mass is 19.1. The van der Waals surface area contributed by atoms with Crippen molar-refractivity contribution in [2.75, 3.05) is 27.2 Å². The fourth-order valence-electron chi connectivity index (χ4n) is 3.79. The van der Waals surface area contributed by atoms with Gasteiger partial charge < -0.3 is 25.8 Å². The van der Waals surface area contributed by atoms with Gasteiger partial charge in [0.2, 0.25) is 5.60 Å². The molecule has 3 heterocycles. The number of alkyl halides is 1. The minimum atomic E-state index is -1.74. The fraction of sp³-hybridized carbons (Fsp3) is 0.381. The molecule has 1 aromatic heterocycles. The van der Waals surface area contributed by atoms with Crippen LogP contribution in [0.2, 0.25) is 0 Å². The number of ether oxygens (including phenoxy) is 1. The van der Waals surface area contributed by atoms with E-state index in [1.165, 1.54) is 9.58 Å². The van der Waals surface area contributed by atoms with Crippen molar-refractivity contribution in [3.8, 4) is 23.3 Å². The molecule has 2 atom stereocenters. The first-order chi connectivity index (χ1) is 14.7. The van der Waals surface area contributed by atoms with Crippen LogP contribution in [0.4, 0.5) is 4.39 Å². The van der Waals surface area contributed by atoms with E-state index in [0.717, 1.165) is 0 Å². The minimum Gasteiger partial charge on any atom is -0.488 e. The molecule has 1 aromatic carbocycles. The van der Waals surface area contributed by atoms with E-state index < -0.39 is 23.6 Å². The van der Waals surface area contributed by atoms with Crippen LogP contribution in [0.3, 0.4) is 0 Å². The highest BCUT2D eigenvalue weighted by Gasteiger charge is 2.42. The van der Waals surface area contributed by atoms with Gasteiger partial charge in [-0.05, 0) is 25.2 Å². The molecule has 162 valence electrons. The summed E-state index contributed by atoms with van der Waals surface area (Å²) in [5, 5.41) is 17.7. The van der Waals surface area contributed by atoms with E-state index in [4.69, 9.17) is 10.5 Å². The molecule has 2 aliphatic rings. The van der Waals surface area contributed by atoms with Gasteiger partial charge in [0.25, 0.3) is 11.8 Å². The molecule has 4 rings (SSSR count). The molecule has 10 heteroatoms. The van der Waals surface area contributed by atoms with Crippen molar-refractivity contribution in [3.63, 3.8) is 0 Å². The van der Waals surface area contributed by atoms with E-state index in [1.807, 2.05) is 0 Å². The summed E-state index contributed by atoms with van der Waals surface area (Å²) in [5.41, 5.74) is 5.10. The monoisotopic (exact) mass is 427 g/mol. The number of benzene rings is 1. The molecule has 0 saturated carbocycles. The third kappa shape index (κ3) is 3.52. The third-order valence-electron chi connectivity index (χ3n) is 5.40. The SMILES string of the molecule is CNCc1c(C(N)=O)nn2c1C(F)COc1ccc(C#CC3(O)CCN(C)C3=O)cc1-2. The van der Waals surface area contributed by atoms with Crippen LogP contribution in [0.1, 0.15) is 39.9 Å². The van der Waals surface area contributed by atoms with Crippen molar-refractivity contribution in [1.82, 2.24) is 20.0 Å². The smallest absolute Gasteiger partial charge is 0.269 e. The second kappa shape index (κ2) is 7.68. The molecule has 2 aliphatic heterocycles. The molecule has 31 heavy (non-hydrogen) atoms. The number of nitrogens with zero attached hydrogens (tertiary/aromatic N) is 3. The highest BCUT2D eigenvalue weighted by molar-refractivity contribution is 5.93. The number of aliphatic hydroxyl groups is 1. The van der Waals surface area contributed by atoms with Crippen LogP contribution in [0.15, 0.2) is 18.2 Å². The number of hydrogen-bond acceptors (Lipinski definition) is 6. The summed E-state index contributed by atoms with van der Waals surface area (Å²) in [6.45, 7) is 0.367. The van der Waals surface area contributed by atoms with Gasteiger partial charge in [-0.1, -0.05) is 11.8 Å². The van der Waals surface area contributed by atoms with Crippen LogP contribution in [0, 0.1) is 11.8 Å². The predicted molar refractivity (Wildman–Crippen MR) is 108 cm³/mol. The Morgan fingerprint density at radius 2 is 2.29 bits per heavy atom. The number of nitrogens with one attached hydrogen (secondary N) is 1. The Balaban J connectivity index is 1.82. The van der Waals surface area contributed by atoms with Crippen molar-refractivity contribution in [1.29, 1.82) is 0 Å². The van der Waals surface area contributed by atoms with Crippen LogP contribution >= 0.6 is 0 Å². The van der Waals surface area contributed by atoms with E-state index in [-0.39, 0.29) is 31.0 Å². The number of halogens is 1. The normalized spacial score (nSPS) is 22.1. The molecule has 0 bridgehead atoms. The van der Waals surface area contributed by atoms with Crippen LogP contribution in [-0.4, -0.2) is 64.4 Å². The van der Waals surface area contributed by atoms with Crippen molar-refractivity contribution in [2.24, 2.45) is 5.73 Å². The van der Waals surface area contributed by atoms with Gasteiger partial charge in [0.15, 0.2) is 11.9 Å². The quantitative estimate of drug-likeness (QED) is 0.595. The summed E-state index contributed by atoms with van der Waals surface area (Å²) in [4.78, 5) is 25.5. The summed E-state index contributed by atoms with van der Waals surface area (Å²) in [6.07, 6.45) is -1.32. The molecule has 0 spiro atoms. The lowest BCUT2D eigenvalue weighted by molar-refractivity contribution is -0.137. The van der Waals surface area contributed by atoms with Crippen LogP contribution < -0.4 is 15.8 Å². The van der Waals surface area contributed by atoms with Crippen molar-refractivity contribution in [3.05, 3.63) is 40.7 Å². The third-order valence-corrected chi connectivity index (χ3v) is 5.40. The molecule has 2 unspecified atom stereocenters. The Morgan fingerprint density at radius 3 is 2.94 bits per heavy atom. The van der Waals surface area contributed by atoms with Crippen LogP contribution in [-0.2, 0) is 11.3 Å². The second-order valence-electron chi connectivity index (χ2n) is 7.57. The van der Waals surface area contributed by atoms with Crippen molar-refractivity contribution in [2.45, 2.75) is 24.7 Å². The van der Waals surface area contributed by atoms with Gasteiger partial charge in [0.05, 0.1) is 5.69 Å². The van der Waals surface area contributed by atoms with Gasteiger partial charge in [0, 0.05) is 37.7 Å². The van der Waals surface area contributed by atoms with E-state index >= 15 is 0 Å². The Morgan fingerprint density at radius 1 is 1.52 bits per heavy atom. The first-order valence-corrected chi connectivity index (χ1v) is 9.74. The average molecular weight is 427 g/mol. The minimum absolute atomic E-state index is 0.0229. The lowest BCUT2D eigenvalue weighted by Gasteiger charge is -2.13. The lowest BCUT2D eigenvalue weighted by Crippen LogP contribution is -2.37. The van der Waals surface area contributed by atoms with E-state index in [0.29, 0.717) is 29.1 Å². The van der Waals surface area contributed by atoms with E-state index in [1.54, 1.807) is 32.3 Å². The van der Waals surface area contributed by atoms with Crippen molar-refractivity contribution >= 4 is 11.8 Å². The lowest BCUT2D eigenvalue weighted by atomic mass is 10.0. The number of nitrogens with two attached hydrogens (primary N) is 1. The maximum atomic E-state index is 15.0. The molecule has 0 radical (unpaired) electrons.